The van der Waals surface area contributed by atoms with E-state index in [1.807, 2.05) is 15.9 Å². The van der Waals surface area contributed by atoms with Crippen LogP contribution >= 0.6 is 24.8 Å². The smallest absolute Gasteiger partial charge is 0.188 e. The molecule has 0 aliphatic heterocycles. The molecule has 0 saturated heterocycles. The molecule has 0 saturated carbocycles. The van der Waals surface area contributed by atoms with Gasteiger partial charge in [0.15, 0.2) is 11.9 Å². The average Bonchev–Trinajstić information content (AvgIpc) is 2.55. The summed E-state index contributed by atoms with van der Waals surface area (Å²) in [5.41, 5.74) is 13.6. The minimum Gasteiger partial charge on any atom is -0.370 e. The highest BCUT2D eigenvalue weighted by Crippen LogP contribution is 2.12. The summed E-state index contributed by atoms with van der Waals surface area (Å²) in [7, 11) is 0. The SMILES string of the molecule is CCCCN(Cc1cccc(CN(CCCC)C(=N)N)c1)C(=N)N.Cl.Cl. The number of nitrogens with two attached hydrogens (primary N) is 2. The normalized spacial score (nSPS) is 9.62. The van der Waals surface area contributed by atoms with Crippen LogP contribution in [0.4, 0.5) is 0 Å². The van der Waals surface area contributed by atoms with E-state index in [1.165, 1.54) is 0 Å². The van der Waals surface area contributed by atoms with Crippen molar-refractivity contribution in [3.8, 4) is 0 Å². The van der Waals surface area contributed by atoms with Gasteiger partial charge in [-0.25, -0.2) is 0 Å². The van der Waals surface area contributed by atoms with Crippen molar-refractivity contribution in [3.05, 3.63) is 35.4 Å². The Morgan fingerprint density at radius 3 is 1.54 bits per heavy atom. The van der Waals surface area contributed by atoms with E-state index in [4.69, 9.17) is 22.3 Å². The number of nitrogens with one attached hydrogen (secondary N) is 2. The molecule has 0 aliphatic carbocycles. The second-order valence-corrected chi connectivity index (χ2v) is 6.14. The molecule has 1 rings (SSSR count). The molecule has 0 spiro atoms. The summed E-state index contributed by atoms with van der Waals surface area (Å²) in [6, 6.07) is 8.23. The van der Waals surface area contributed by atoms with Crippen molar-refractivity contribution in [1.29, 1.82) is 10.8 Å². The van der Waals surface area contributed by atoms with Crippen LogP contribution in [0.3, 0.4) is 0 Å². The molecule has 6 N–H and O–H groups in total. The van der Waals surface area contributed by atoms with Crippen LogP contribution in [0.1, 0.15) is 50.7 Å². The molecule has 1 aromatic carbocycles. The summed E-state index contributed by atoms with van der Waals surface area (Å²) in [5.74, 6) is 0.226. The van der Waals surface area contributed by atoms with Crippen LogP contribution in [-0.4, -0.2) is 34.8 Å². The van der Waals surface area contributed by atoms with Crippen LogP contribution in [0.5, 0.6) is 0 Å². The van der Waals surface area contributed by atoms with Crippen LogP contribution in [-0.2, 0) is 13.1 Å². The largest absolute Gasteiger partial charge is 0.370 e. The van der Waals surface area contributed by atoms with Gasteiger partial charge in [-0.15, -0.1) is 24.8 Å². The van der Waals surface area contributed by atoms with Crippen molar-refractivity contribution in [2.45, 2.75) is 52.6 Å². The van der Waals surface area contributed by atoms with Crippen molar-refractivity contribution >= 4 is 36.7 Å². The molecule has 26 heavy (non-hydrogen) atoms. The zero-order chi connectivity index (χ0) is 17.9. The Bertz CT molecular complexity index is 495. The molecule has 8 heteroatoms. The Labute approximate surface area is 170 Å². The summed E-state index contributed by atoms with van der Waals surface area (Å²) in [5, 5.41) is 15.5. The number of unbranched alkanes of at least 4 members (excludes halogenated alkanes) is 2. The molecule has 0 bridgehead atoms. The first kappa shape index (κ1) is 26.6. The molecule has 1 aromatic rings. The summed E-state index contributed by atoms with van der Waals surface area (Å²) in [4.78, 5) is 3.78. The van der Waals surface area contributed by atoms with Gasteiger partial charge in [-0.1, -0.05) is 51.0 Å². The molecule has 150 valence electrons. The lowest BCUT2D eigenvalue weighted by molar-refractivity contribution is 0.389. The summed E-state index contributed by atoms with van der Waals surface area (Å²) < 4.78 is 0. The van der Waals surface area contributed by atoms with Crippen molar-refractivity contribution in [3.63, 3.8) is 0 Å². The number of hydrogen-bond donors (Lipinski definition) is 4. The monoisotopic (exact) mass is 404 g/mol. The number of nitrogens with zero attached hydrogens (tertiary/aromatic N) is 2. The maximum atomic E-state index is 7.73. The quantitative estimate of drug-likeness (QED) is 0.353. The van der Waals surface area contributed by atoms with Gasteiger partial charge in [0.1, 0.15) is 0 Å². The van der Waals surface area contributed by atoms with E-state index in [-0.39, 0.29) is 36.7 Å². The van der Waals surface area contributed by atoms with E-state index in [0.29, 0.717) is 13.1 Å². The van der Waals surface area contributed by atoms with Gasteiger partial charge in [0.25, 0.3) is 0 Å². The molecular weight excluding hydrogens is 371 g/mol. The molecule has 0 heterocycles. The van der Waals surface area contributed by atoms with Crippen LogP contribution in [0, 0.1) is 10.8 Å². The fourth-order valence-corrected chi connectivity index (χ4v) is 2.53. The summed E-state index contributed by atoms with van der Waals surface area (Å²) in [6.45, 7) is 7.13. The molecule has 0 aromatic heterocycles. The predicted octanol–water partition coefficient (Wildman–Crippen LogP) is 3.52. The van der Waals surface area contributed by atoms with E-state index in [0.717, 1.165) is 49.9 Å². The second kappa shape index (κ2) is 14.5. The summed E-state index contributed by atoms with van der Waals surface area (Å²) in [6.07, 6.45) is 4.20. The second-order valence-electron chi connectivity index (χ2n) is 6.14. The maximum absolute atomic E-state index is 7.73. The first-order chi connectivity index (χ1) is 11.5. The Balaban J connectivity index is 0. The van der Waals surface area contributed by atoms with Crippen molar-refractivity contribution in [2.24, 2.45) is 11.5 Å². The van der Waals surface area contributed by atoms with Crippen LogP contribution in [0.2, 0.25) is 0 Å². The fourth-order valence-electron chi connectivity index (χ4n) is 2.53. The van der Waals surface area contributed by atoms with Gasteiger partial charge in [-0.2, -0.15) is 0 Å². The highest BCUT2D eigenvalue weighted by molar-refractivity contribution is 5.85. The standard InChI is InChI=1S/C18H32N6.2ClH/c1-3-5-10-23(17(19)20)13-15-8-7-9-16(12-15)14-24(18(21)22)11-6-4-2;;/h7-9,12H,3-6,10-11,13-14H2,1-2H3,(H3,19,20)(H3,21,22);2*1H. The third kappa shape index (κ3) is 9.73. The van der Waals surface area contributed by atoms with E-state index in [9.17, 15) is 0 Å². The lowest BCUT2D eigenvalue weighted by Gasteiger charge is -2.24. The van der Waals surface area contributed by atoms with E-state index < -0.39 is 0 Å². The highest BCUT2D eigenvalue weighted by atomic mass is 35.5. The van der Waals surface area contributed by atoms with Gasteiger partial charge in [0, 0.05) is 26.2 Å². The molecule has 0 radical (unpaired) electrons. The van der Waals surface area contributed by atoms with Crippen molar-refractivity contribution in [2.75, 3.05) is 13.1 Å². The Morgan fingerprint density at radius 1 is 0.846 bits per heavy atom. The predicted molar refractivity (Wildman–Crippen MR) is 115 cm³/mol. The number of halogens is 2. The molecule has 0 atom stereocenters. The minimum atomic E-state index is 0. The maximum Gasteiger partial charge on any atom is 0.188 e. The molecule has 0 fully saturated rings. The zero-order valence-corrected chi connectivity index (χ0v) is 17.5. The van der Waals surface area contributed by atoms with E-state index >= 15 is 0 Å². The van der Waals surface area contributed by atoms with Crippen molar-refractivity contribution in [1.82, 2.24) is 9.80 Å². The molecular formula is C18H34Cl2N6. The Kier molecular flexibility index (Phi) is 14.8. The van der Waals surface area contributed by atoms with Gasteiger partial charge in [0.2, 0.25) is 0 Å². The third-order valence-electron chi connectivity index (χ3n) is 3.98. The molecule has 0 unspecified atom stereocenters. The first-order valence-corrected chi connectivity index (χ1v) is 8.73. The lowest BCUT2D eigenvalue weighted by Crippen LogP contribution is -2.37. The van der Waals surface area contributed by atoms with Crippen LogP contribution in [0.15, 0.2) is 24.3 Å². The third-order valence-corrected chi connectivity index (χ3v) is 3.98. The number of hydrogen-bond acceptors (Lipinski definition) is 2. The Hall–Kier alpha value is -1.66. The fraction of sp³-hybridized carbons (Fsp3) is 0.556. The van der Waals surface area contributed by atoms with Crippen molar-refractivity contribution < 1.29 is 0 Å². The molecule has 0 amide bonds. The molecule has 6 nitrogen and oxygen atoms in total. The summed E-state index contributed by atoms with van der Waals surface area (Å²) >= 11 is 0. The highest BCUT2D eigenvalue weighted by Gasteiger charge is 2.10. The van der Waals surface area contributed by atoms with Gasteiger partial charge in [0.05, 0.1) is 0 Å². The number of guanidine groups is 2. The zero-order valence-electron chi connectivity index (χ0n) is 15.8. The minimum absolute atomic E-state index is 0. The van der Waals surface area contributed by atoms with Gasteiger partial charge < -0.3 is 21.3 Å². The number of rotatable bonds is 10. The van der Waals surface area contributed by atoms with E-state index in [2.05, 4.69) is 32.0 Å². The van der Waals surface area contributed by atoms with Gasteiger partial charge >= 0.3 is 0 Å². The number of benzene rings is 1. The van der Waals surface area contributed by atoms with Crippen LogP contribution < -0.4 is 11.5 Å². The lowest BCUT2D eigenvalue weighted by atomic mass is 10.1. The van der Waals surface area contributed by atoms with Gasteiger partial charge in [-0.3, -0.25) is 10.8 Å². The average molecular weight is 405 g/mol. The first-order valence-electron chi connectivity index (χ1n) is 8.73. The molecule has 0 aliphatic rings. The van der Waals surface area contributed by atoms with Gasteiger partial charge in [-0.05, 0) is 24.0 Å². The van der Waals surface area contributed by atoms with E-state index in [1.54, 1.807) is 0 Å². The topological polar surface area (TPSA) is 106 Å². The Morgan fingerprint density at radius 2 is 1.23 bits per heavy atom. The van der Waals surface area contributed by atoms with Crippen LogP contribution in [0.25, 0.3) is 0 Å².